The third kappa shape index (κ3) is 4.16. The summed E-state index contributed by atoms with van der Waals surface area (Å²) in [7, 11) is 0. The molecule has 19 heavy (non-hydrogen) atoms. The van der Waals surface area contributed by atoms with Gasteiger partial charge < -0.3 is 9.84 Å². The molecule has 1 fully saturated rings. The zero-order chi connectivity index (χ0) is 13.5. The first-order valence-corrected chi connectivity index (χ1v) is 7.04. The number of rotatable bonds is 4. The van der Waals surface area contributed by atoms with E-state index in [9.17, 15) is 5.11 Å². The highest BCUT2D eigenvalue weighted by molar-refractivity contribution is 5.80. The van der Waals surface area contributed by atoms with Crippen molar-refractivity contribution in [3.8, 4) is 11.5 Å². The Morgan fingerprint density at radius 1 is 1.26 bits per heavy atom. The van der Waals surface area contributed by atoms with Crippen LogP contribution in [-0.4, -0.2) is 36.0 Å². The summed E-state index contributed by atoms with van der Waals surface area (Å²) < 4.78 is 5.36. The lowest BCUT2D eigenvalue weighted by atomic mass is 10.2. The Bertz CT molecular complexity index is 424. The normalized spacial score (nSPS) is 16.6. The molecule has 1 heterocycles. The molecule has 0 aliphatic carbocycles. The van der Waals surface area contributed by atoms with Crippen molar-refractivity contribution in [2.24, 2.45) is 5.10 Å². The van der Waals surface area contributed by atoms with Crippen LogP contribution in [0.3, 0.4) is 0 Å². The molecule has 2 rings (SSSR count). The van der Waals surface area contributed by atoms with Crippen molar-refractivity contribution in [2.45, 2.75) is 32.6 Å². The Balaban J connectivity index is 2.02. The van der Waals surface area contributed by atoms with Gasteiger partial charge >= 0.3 is 0 Å². The first-order chi connectivity index (χ1) is 9.29. The van der Waals surface area contributed by atoms with E-state index >= 15 is 0 Å². The van der Waals surface area contributed by atoms with Crippen molar-refractivity contribution >= 4 is 6.21 Å². The fraction of sp³-hybridized carbons (Fsp3) is 0.533. The van der Waals surface area contributed by atoms with Gasteiger partial charge in [-0.15, -0.1) is 0 Å². The smallest absolute Gasteiger partial charge is 0.161 e. The van der Waals surface area contributed by atoms with E-state index in [1.54, 1.807) is 6.07 Å². The van der Waals surface area contributed by atoms with E-state index in [2.05, 4.69) is 10.1 Å². The summed E-state index contributed by atoms with van der Waals surface area (Å²) in [6.07, 6.45) is 6.89. The van der Waals surface area contributed by atoms with Gasteiger partial charge in [-0.3, -0.25) is 5.01 Å². The van der Waals surface area contributed by atoms with Crippen molar-refractivity contribution in [3.63, 3.8) is 0 Å². The summed E-state index contributed by atoms with van der Waals surface area (Å²) in [6.45, 7) is 4.51. The maximum atomic E-state index is 9.64. The maximum Gasteiger partial charge on any atom is 0.161 e. The van der Waals surface area contributed by atoms with E-state index in [0.717, 1.165) is 18.7 Å². The summed E-state index contributed by atoms with van der Waals surface area (Å²) in [4.78, 5) is 0. The molecule has 1 aliphatic rings. The minimum atomic E-state index is 0.175. The molecule has 0 amide bonds. The Kier molecular flexibility index (Phi) is 5.07. The van der Waals surface area contributed by atoms with Crippen LogP contribution in [0.5, 0.6) is 11.5 Å². The van der Waals surface area contributed by atoms with Gasteiger partial charge in [0, 0.05) is 13.1 Å². The largest absolute Gasteiger partial charge is 0.504 e. The molecular formula is C15H22N2O2. The van der Waals surface area contributed by atoms with E-state index in [1.165, 1.54) is 25.7 Å². The van der Waals surface area contributed by atoms with Gasteiger partial charge in [0.15, 0.2) is 11.5 Å². The van der Waals surface area contributed by atoms with Gasteiger partial charge in [-0.05, 0) is 43.5 Å². The van der Waals surface area contributed by atoms with Crippen LogP contribution < -0.4 is 4.74 Å². The molecule has 0 radical (unpaired) electrons. The molecule has 104 valence electrons. The molecule has 1 aromatic rings. The van der Waals surface area contributed by atoms with Gasteiger partial charge in [-0.1, -0.05) is 12.8 Å². The fourth-order valence-corrected chi connectivity index (χ4v) is 2.20. The monoisotopic (exact) mass is 262 g/mol. The topological polar surface area (TPSA) is 45.1 Å². The van der Waals surface area contributed by atoms with Crippen LogP contribution in [0.1, 0.15) is 38.2 Å². The quantitative estimate of drug-likeness (QED) is 0.848. The Labute approximate surface area is 114 Å². The zero-order valence-corrected chi connectivity index (χ0v) is 11.5. The fourth-order valence-electron chi connectivity index (χ4n) is 2.20. The maximum absolute atomic E-state index is 9.64. The van der Waals surface area contributed by atoms with E-state index in [-0.39, 0.29) is 5.75 Å². The lowest BCUT2D eigenvalue weighted by Crippen LogP contribution is -2.18. The average Bonchev–Trinajstić information content (AvgIpc) is 2.68. The predicted octanol–water partition coefficient (Wildman–Crippen LogP) is 3.00. The van der Waals surface area contributed by atoms with Crippen molar-refractivity contribution in [1.82, 2.24) is 5.01 Å². The molecule has 0 bridgehead atoms. The first kappa shape index (κ1) is 13.7. The Morgan fingerprint density at radius 3 is 2.68 bits per heavy atom. The number of aromatic hydroxyl groups is 1. The second-order valence-corrected chi connectivity index (χ2v) is 4.77. The second kappa shape index (κ2) is 7.02. The highest BCUT2D eigenvalue weighted by Gasteiger charge is 2.06. The standard InChI is InChI=1S/C15H22N2O2/c1-2-19-15-11-13(7-8-14(15)18)12-16-17-9-5-3-4-6-10-17/h7-8,11-12,18H,2-6,9-10H2,1H3. The minimum absolute atomic E-state index is 0.175. The highest BCUT2D eigenvalue weighted by Crippen LogP contribution is 2.26. The van der Waals surface area contributed by atoms with Crippen LogP contribution in [0.15, 0.2) is 23.3 Å². The molecule has 1 aliphatic heterocycles. The third-order valence-corrected chi connectivity index (χ3v) is 3.24. The van der Waals surface area contributed by atoms with Crippen molar-refractivity contribution in [2.75, 3.05) is 19.7 Å². The Hall–Kier alpha value is -1.71. The van der Waals surface area contributed by atoms with E-state index < -0.39 is 0 Å². The van der Waals surface area contributed by atoms with Gasteiger partial charge in [0.25, 0.3) is 0 Å². The molecule has 4 heteroatoms. The molecular weight excluding hydrogens is 240 g/mol. The minimum Gasteiger partial charge on any atom is -0.504 e. The average molecular weight is 262 g/mol. The lowest BCUT2D eigenvalue weighted by molar-refractivity contribution is 0.302. The van der Waals surface area contributed by atoms with Crippen molar-refractivity contribution in [1.29, 1.82) is 0 Å². The van der Waals surface area contributed by atoms with Gasteiger partial charge in [0.1, 0.15) is 0 Å². The molecule has 1 saturated heterocycles. The van der Waals surface area contributed by atoms with Crippen LogP contribution in [0.4, 0.5) is 0 Å². The van der Waals surface area contributed by atoms with Gasteiger partial charge in [0.2, 0.25) is 0 Å². The zero-order valence-electron chi connectivity index (χ0n) is 11.5. The first-order valence-electron chi connectivity index (χ1n) is 7.04. The third-order valence-electron chi connectivity index (χ3n) is 3.24. The summed E-state index contributed by atoms with van der Waals surface area (Å²) in [6, 6.07) is 5.31. The molecule has 0 aromatic heterocycles. The summed E-state index contributed by atoms with van der Waals surface area (Å²) in [5, 5.41) is 16.3. The van der Waals surface area contributed by atoms with Gasteiger partial charge in [0.05, 0.1) is 12.8 Å². The number of hydrogen-bond acceptors (Lipinski definition) is 4. The number of hydrazone groups is 1. The number of nitrogens with zero attached hydrogens (tertiary/aromatic N) is 2. The van der Waals surface area contributed by atoms with Gasteiger partial charge in [-0.2, -0.15) is 5.10 Å². The summed E-state index contributed by atoms with van der Waals surface area (Å²) in [5.74, 6) is 0.691. The Morgan fingerprint density at radius 2 is 2.00 bits per heavy atom. The second-order valence-electron chi connectivity index (χ2n) is 4.77. The van der Waals surface area contributed by atoms with Crippen LogP contribution in [0, 0.1) is 0 Å². The molecule has 1 aromatic carbocycles. The molecule has 1 N–H and O–H groups in total. The molecule has 0 atom stereocenters. The van der Waals surface area contributed by atoms with E-state index in [1.807, 2.05) is 25.3 Å². The number of phenols is 1. The number of ether oxygens (including phenoxy) is 1. The molecule has 4 nitrogen and oxygen atoms in total. The van der Waals surface area contributed by atoms with Crippen LogP contribution in [0.2, 0.25) is 0 Å². The SMILES string of the molecule is CCOc1cc(C=NN2CCCCCC2)ccc1O. The predicted molar refractivity (Wildman–Crippen MR) is 76.9 cm³/mol. The highest BCUT2D eigenvalue weighted by atomic mass is 16.5. The number of hydrogen-bond donors (Lipinski definition) is 1. The molecule has 0 saturated carbocycles. The summed E-state index contributed by atoms with van der Waals surface area (Å²) >= 11 is 0. The molecule has 0 unspecified atom stereocenters. The van der Waals surface area contributed by atoms with Crippen molar-refractivity contribution < 1.29 is 9.84 Å². The molecule has 0 spiro atoms. The lowest BCUT2D eigenvalue weighted by Gasteiger charge is -2.15. The van der Waals surface area contributed by atoms with E-state index in [4.69, 9.17) is 4.74 Å². The summed E-state index contributed by atoms with van der Waals surface area (Å²) in [5.41, 5.74) is 0.950. The van der Waals surface area contributed by atoms with Crippen LogP contribution >= 0.6 is 0 Å². The number of benzene rings is 1. The van der Waals surface area contributed by atoms with Crippen LogP contribution in [0.25, 0.3) is 0 Å². The number of phenolic OH excluding ortho intramolecular Hbond substituents is 1. The van der Waals surface area contributed by atoms with Crippen molar-refractivity contribution in [3.05, 3.63) is 23.8 Å². The van der Waals surface area contributed by atoms with Gasteiger partial charge in [-0.25, -0.2) is 0 Å². The van der Waals surface area contributed by atoms with Crippen LogP contribution in [-0.2, 0) is 0 Å². The van der Waals surface area contributed by atoms with E-state index in [0.29, 0.717) is 12.4 Å².